The number of rotatable bonds is 7. The summed E-state index contributed by atoms with van der Waals surface area (Å²) >= 11 is 0. The molecule has 2 aliphatic rings. The first kappa shape index (κ1) is 17.4. The highest BCUT2D eigenvalue weighted by Gasteiger charge is 2.38. The highest BCUT2D eigenvalue weighted by atomic mass is 16.6. The molecule has 144 valence electrons. The lowest BCUT2D eigenvalue weighted by Crippen LogP contribution is -2.50. The Balaban J connectivity index is 1.51. The number of H-pyrrole nitrogens is 1. The molecule has 1 saturated heterocycles. The van der Waals surface area contributed by atoms with Crippen LogP contribution in [0.25, 0.3) is 0 Å². The second kappa shape index (κ2) is 9.07. The Morgan fingerprint density at radius 2 is 2.15 bits per heavy atom. The van der Waals surface area contributed by atoms with Crippen molar-refractivity contribution in [3.63, 3.8) is 0 Å². The molecule has 26 heavy (non-hydrogen) atoms. The van der Waals surface area contributed by atoms with Crippen molar-refractivity contribution in [2.75, 3.05) is 19.8 Å². The molecule has 9 nitrogen and oxygen atoms in total. The molecule has 1 saturated carbocycles. The number of carbonyl (C=O) groups excluding carboxylic acids is 2. The maximum absolute atomic E-state index is 12.4. The molecule has 3 rings (SSSR count). The SMILES string of the molecule is [2H][C@@]1(C(=O)OCC(=O)OCC)C[C@H]2C[C@@H](CCc3nn[nH]n3)CC[C@H]2CN1. The molecule has 1 aliphatic carbocycles. The number of nitrogens with one attached hydrogen (secondary N) is 2. The molecule has 0 unspecified atom stereocenters. The highest BCUT2D eigenvalue weighted by Crippen LogP contribution is 2.40. The second-order valence-electron chi connectivity index (χ2n) is 7.01. The Kier molecular flexibility index (Phi) is 6.06. The fourth-order valence-electron chi connectivity index (χ4n) is 3.98. The van der Waals surface area contributed by atoms with Crippen molar-refractivity contribution in [3.8, 4) is 0 Å². The van der Waals surface area contributed by atoms with Gasteiger partial charge in [0.1, 0.15) is 6.02 Å². The molecule has 2 fully saturated rings. The fourth-order valence-corrected chi connectivity index (χ4v) is 3.98. The van der Waals surface area contributed by atoms with E-state index in [1.54, 1.807) is 6.92 Å². The van der Waals surface area contributed by atoms with E-state index in [4.69, 9.17) is 10.8 Å². The number of fused-ring (bicyclic) bond motifs is 1. The van der Waals surface area contributed by atoms with E-state index in [2.05, 4.69) is 25.9 Å². The predicted octanol–water partition coefficient (Wildman–Crippen LogP) is 0.633. The summed E-state index contributed by atoms with van der Waals surface area (Å²) in [5.41, 5.74) is 0. The van der Waals surface area contributed by atoms with Gasteiger partial charge in [0, 0.05) is 6.42 Å². The first-order valence-electron chi connectivity index (χ1n) is 9.80. The molecule has 2 heterocycles. The van der Waals surface area contributed by atoms with Crippen molar-refractivity contribution in [3.05, 3.63) is 5.82 Å². The number of aryl methyl sites for hydroxylation is 1. The number of tetrazole rings is 1. The lowest BCUT2D eigenvalue weighted by Gasteiger charge is -2.42. The zero-order valence-corrected chi connectivity index (χ0v) is 15.1. The van der Waals surface area contributed by atoms with Gasteiger partial charge in [-0.3, -0.25) is 4.79 Å². The van der Waals surface area contributed by atoms with E-state index in [0.717, 1.165) is 37.9 Å². The van der Waals surface area contributed by atoms with Crippen LogP contribution in [0.1, 0.15) is 46.2 Å². The zero-order chi connectivity index (χ0) is 19.3. The minimum absolute atomic E-state index is 0.232. The average Bonchev–Trinajstić information content (AvgIpc) is 3.18. The van der Waals surface area contributed by atoms with Crippen molar-refractivity contribution in [1.29, 1.82) is 0 Å². The number of aromatic nitrogens is 4. The van der Waals surface area contributed by atoms with E-state index in [9.17, 15) is 9.59 Å². The molecule has 0 amide bonds. The molecule has 1 aliphatic heterocycles. The maximum Gasteiger partial charge on any atom is 0.344 e. The average molecular weight is 366 g/mol. The van der Waals surface area contributed by atoms with Crippen molar-refractivity contribution < 1.29 is 20.4 Å². The van der Waals surface area contributed by atoms with E-state index in [-0.39, 0.29) is 6.61 Å². The van der Waals surface area contributed by atoms with E-state index in [0.29, 0.717) is 30.7 Å². The number of esters is 2. The van der Waals surface area contributed by atoms with Crippen molar-refractivity contribution in [1.82, 2.24) is 25.9 Å². The molecular weight excluding hydrogens is 338 g/mol. The Bertz CT molecular complexity index is 643. The van der Waals surface area contributed by atoms with Crippen LogP contribution >= 0.6 is 0 Å². The van der Waals surface area contributed by atoms with Gasteiger partial charge in [-0.25, -0.2) is 4.79 Å². The summed E-state index contributed by atoms with van der Waals surface area (Å²) in [7, 11) is 0. The van der Waals surface area contributed by atoms with Crippen LogP contribution in [0.5, 0.6) is 0 Å². The quantitative estimate of drug-likeness (QED) is 0.675. The van der Waals surface area contributed by atoms with Crippen LogP contribution < -0.4 is 5.32 Å². The van der Waals surface area contributed by atoms with Crippen LogP contribution in [0.15, 0.2) is 0 Å². The smallest absolute Gasteiger partial charge is 0.344 e. The van der Waals surface area contributed by atoms with E-state index < -0.39 is 24.6 Å². The van der Waals surface area contributed by atoms with Gasteiger partial charge < -0.3 is 14.8 Å². The number of aromatic amines is 1. The molecule has 0 radical (unpaired) electrons. The topological polar surface area (TPSA) is 119 Å². The van der Waals surface area contributed by atoms with Crippen molar-refractivity contribution in [2.24, 2.45) is 17.8 Å². The molecule has 0 aromatic carbocycles. The van der Waals surface area contributed by atoms with Crippen molar-refractivity contribution >= 4 is 11.9 Å². The van der Waals surface area contributed by atoms with E-state index >= 15 is 0 Å². The fraction of sp³-hybridized carbons (Fsp3) is 0.824. The summed E-state index contributed by atoms with van der Waals surface area (Å²) in [5, 5.41) is 17.1. The van der Waals surface area contributed by atoms with Crippen LogP contribution in [0.4, 0.5) is 0 Å². The van der Waals surface area contributed by atoms with E-state index in [1.807, 2.05) is 0 Å². The van der Waals surface area contributed by atoms with Crippen LogP contribution in [-0.4, -0.2) is 58.3 Å². The molecule has 1 aromatic heterocycles. The highest BCUT2D eigenvalue weighted by molar-refractivity contribution is 5.79. The summed E-state index contributed by atoms with van der Waals surface area (Å²) in [6.07, 6.45) is 5.37. The number of nitrogens with zero attached hydrogens (tertiary/aromatic N) is 3. The number of hydrogen-bond donors (Lipinski definition) is 2. The van der Waals surface area contributed by atoms with Crippen molar-refractivity contribution in [2.45, 2.75) is 51.5 Å². The molecule has 0 bridgehead atoms. The minimum Gasteiger partial charge on any atom is -0.463 e. The van der Waals surface area contributed by atoms with Gasteiger partial charge in [0.25, 0.3) is 0 Å². The summed E-state index contributed by atoms with van der Waals surface area (Å²) < 4.78 is 18.3. The Hall–Kier alpha value is -2.03. The summed E-state index contributed by atoms with van der Waals surface area (Å²) in [6.45, 7) is 2.10. The number of ether oxygens (including phenoxy) is 2. The normalized spacial score (nSPS) is 31.6. The summed E-state index contributed by atoms with van der Waals surface area (Å²) in [5.74, 6) is 0.721. The van der Waals surface area contributed by atoms with Gasteiger partial charge in [0.15, 0.2) is 12.4 Å². The van der Waals surface area contributed by atoms with Gasteiger partial charge in [-0.2, -0.15) is 5.21 Å². The van der Waals surface area contributed by atoms with Gasteiger partial charge in [0.05, 0.1) is 7.98 Å². The Labute approximate surface area is 154 Å². The van der Waals surface area contributed by atoms with Crippen LogP contribution in [-0.2, 0) is 25.5 Å². The second-order valence-corrected chi connectivity index (χ2v) is 7.01. The third kappa shape index (κ3) is 5.00. The van der Waals surface area contributed by atoms with Gasteiger partial charge in [0.2, 0.25) is 0 Å². The largest absolute Gasteiger partial charge is 0.463 e. The first-order chi connectivity index (χ1) is 13.0. The third-order valence-electron chi connectivity index (χ3n) is 5.33. The molecule has 0 spiro atoms. The van der Waals surface area contributed by atoms with Gasteiger partial charge in [-0.1, -0.05) is 11.6 Å². The molecule has 9 heteroatoms. The number of hydrogen-bond acceptors (Lipinski definition) is 8. The van der Waals surface area contributed by atoms with Gasteiger partial charge >= 0.3 is 11.9 Å². The summed E-state index contributed by atoms with van der Waals surface area (Å²) in [4.78, 5) is 23.7. The Morgan fingerprint density at radius 3 is 2.92 bits per heavy atom. The monoisotopic (exact) mass is 366 g/mol. The third-order valence-corrected chi connectivity index (χ3v) is 5.33. The predicted molar refractivity (Wildman–Crippen MR) is 90.8 cm³/mol. The minimum atomic E-state index is -1.50. The van der Waals surface area contributed by atoms with E-state index in [1.165, 1.54) is 0 Å². The van der Waals surface area contributed by atoms with Crippen LogP contribution in [0.3, 0.4) is 0 Å². The molecule has 1 aromatic rings. The lowest BCUT2D eigenvalue weighted by atomic mass is 9.69. The van der Waals surface area contributed by atoms with Gasteiger partial charge in [-0.15, -0.1) is 10.2 Å². The maximum atomic E-state index is 12.4. The molecule has 4 atom stereocenters. The zero-order valence-electron chi connectivity index (χ0n) is 16.1. The lowest BCUT2D eigenvalue weighted by molar-refractivity contribution is -0.160. The first-order valence-corrected chi connectivity index (χ1v) is 9.30. The summed E-state index contributed by atoms with van der Waals surface area (Å²) in [6, 6.07) is -1.50. The number of piperidine rings is 1. The van der Waals surface area contributed by atoms with Crippen LogP contribution in [0, 0.1) is 17.8 Å². The van der Waals surface area contributed by atoms with Gasteiger partial charge in [-0.05, 0) is 56.9 Å². The molecule has 2 N–H and O–H groups in total. The standard InChI is InChI=1S/C17H27N5O4/c1-2-25-16(23)10-26-17(24)14-8-13-7-11(3-5-12(13)9-18-14)4-6-15-19-21-22-20-15/h11-14,18H,2-10H2,1H3,(H,19,20,21,22)/t11-,12+,13-,14+/m1/s1/i14D. The number of carbonyl (C=O) groups is 2. The Morgan fingerprint density at radius 1 is 1.27 bits per heavy atom. The van der Waals surface area contributed by atoms with Crippen LogP contribution in [0.2, 0.25) is 0 Å². The molecular formula is C17H27N5O4.